The van der Waals surface area contributed by atoms with Gasteiger partial charge in [0, 0.05) is 25.2 Å². The van der Waals surface area contributed by atoms with E-state index < -0.39 is 23.0 Å². The lowest BCUT2D eigenvalue weighted by molar-refractivity contribution is -0.203. The van der Waals surface area contributed by atoms with Crippen LogP contribution in [0.2, 0.25) is 0 Å². The Morgan fingerprint density at radius 3 is 2.10 bits per heavy atom. The molecule has 0 amide bonds. The maximum atomic E-state index is 13.3. The summed E-state index contributed by atoms with van der Waals surface area (Å²) in [6, 6.07) is 0. The second kappa shape index (κ2) is 11.0. The molecule has 4 aliphatic carbocycles. The van der Waals surface area contributed by atoms with E-state index in [1.54, 1.807) is 0 Å². The number of esters is 3. The molecule has 0 aromatic rings. The maximum Gasteiger partial charge on any atom is 0.312 e. The van der Waals surface area contributed by atoms with E-state index in [4.69, 9.17) is 14.2 Å². The fourth-order valence-corrected chi connectivity index (χ4v) is 9.32. The summed E-state index contributed by atoms with van der Waals surface area (Å²) in [5.41, 5.74) is 4.30. The number of fused-ring (bicyclic) bond motifs is 2. The summed E-state index contributed by atoms with van der Waals surface area (Å²) in [7, 11) is 1.53. The molecule has 4 aliphatic rings. The molecule has 0 saturated heterocycles. The fourth-order valence-electron chi connectivity index (χ4n) is 9.32. The van der Waals surface area contributed by atoms with E-state index >= 15 is 0 Å². The number of carbonyl (C=O) groups is 3. The molecule has 41 heavy (non-hydrogen) atoms. The van der Waals surface area contributed by atoms with Crippen molar-refractivity contribution >= 4 is 17.9 Å². The molecule has 6 heteroatoms. The second-order valence-electron chi connectivity index (χ2n) is 15.0. The Bertz CT molecular complexity index is 1180. The summed E-state index contributed by atoms with van der Waals surface area (Å²) >= 11 is 0. The van der Waals surface area contributed by atoms with Crippen LogP contribution >= 0.6 is 0 Å². The number of allylic oxidation sites excluding steroid dienone is 6. The SMILES string of the molecule is COC(=O)[C@@]12CCC(C)=C(/C=C\C3=C(C)CCC4C(C)(C)[C@@H](OC(C)=O)[C@H](OC(C)=O)C[C@]34C)[C@@H]1CC(C)(C)CC2. The van der Waals surface area contributed by atoms with E-state index in [2.05, 4.69) is 60.6 Å². The van der Waals surface area contributed by atoms with E-state index in [9.17, 15) is 14.4 Å². The Morgan fingerprint density at radius 2 is 1.49 bits per heavy atom. The minimum atomic E-state index is -0.524. The predicted octanol–water partition coefficient (Wildman–Crippen LogP) is 7.66. The van der Waals surface area contributed by atoms with Crippen molar-refractivity contribution in [3.8, 4) is 0 Å². The van der Waals surface area contributed by atoms with E-state index in [1.165, 1.54) is 43.2 Å². The smallest absolute Gasteiger partial charge is 0.312 e. The standard InChI is InChI=1S/C35H52O6/c1-21-15-16-35(31(38)39-10)18-17-32(5,6)19-27(35)25(21)12-13-26-22(2)11-14-29-33(7,8)30(41-24(4)37)28(40-23(3)36)20-34(26,29)9/h12-13,27-30H,11,14-20H2,1-10H3/b13-12-/t27-,28+,29?,30-,34+,35+/m0/s1. The lowest BCUT2D eigenvalue weighted by Crippen LogP contribution is -2.60. The molecule has 0 N–H and O–H groups in total. The molecule has 0 bridgehead atoms. The molecule has 0 heterocycles. The Balaban J connectivity index is 1.77. The average molecular weight is 569 g/mol. The van der Waals surface area contributed by atoms with E-state index in [0.29, 0.717) is 6.42 Å². The summed E-state index contributed by atoms with van der Waals surface area (Å²) in [5, 5.41) is 0. The average Bonchev–Trinajstić information content (AvgIpc) is 2.85. The van der Waals surface area contributed by atoms with Crippen molar-refractivity contribution in [2.24, 2.45) is 33.5 Å². The normalized spacial score (nSPS) is 36.3. The maximum absolute atomic E-state index is 13.3. The first kappa shape index (κ1) is 31.6. The van der Waals surface area contributed by atoms with Gasteiger partial charge < -0.3 is 14.2 Å². The zero-order chi connectivity index (χ0) is 30.5. The molecule has 2 saturated carbocycles. The lowest BCUT2D eigenvalue weighted by Gasteiger charge is -2.58. The number of rotatable bonds is 5. The van der Waals surface area contributed by atoms with Crippen LogP contribution in [0.25, 0.3) is 0 Å². The predicted molar refractivity (Wildman–Crippen MR) is 160 cm³/mol. The van der Waals surface area contributed by atoms with Gasteiger partial charge >= 0.3 is 17.9 Å². The summed E-state index contributed by atoms with van der Waals surface area (Å²) < 4.78 is 17.2. The van der Waals surface area contributed by atoms with Gasteiger partial charge in [0.1, 0.15) is 12.2 Å². The van der Waals surface area contributed by atoms with Crippen LogP contribution in [-0.4, -0.2) is 37.2 Å². The Kier molecular flexibility index (Phi) is 8.50. The molecule has 228 valence electrons. The van der Waals surface area contributed by atoms with Crippen LogP contribution in [0.3, 0.4) is 0 Å². The third kappa shape index (κ3) is 5.57. The molecule has 6 nitrogen and oxygen atoms in total. The topological polar surface area (TPSA) is 78.9 Å². The molecule has 2 fully saturated rings. The highest BCUT2D eigenvalue weighted by molar-refractivity contribution is 5.79. The van der Waals surface area contributed by atoms with Crippen LogP contribution in [0.15, 0.2) is 34.4 Å². The van der Waals surface area contributed by atoms with Crippen molar-refractivity contribution in [1.82, 2.24) is 0 Å². The zero-order valence-corrected chi connectivity index (χ0v) is 27.1. The molecule has 6 atom stereocenters. The van der Waals surface area contributed by atoms with Crippen molar-refractivity contribution < 1.29 is 28.6 Å². The molecule has 0 radical (unpaired) electrons. The molecular weight excluding hydrogens is 516 g/mol. The van der Waals surface area contributed by atoms with E-state index in [1.807, 2.05) is 0 Å². The van der Waals surface area contributed by atoms with E-state index in [-0.39, 0.29) is 40.6 Å². The third-order valence-corrected chi connectivity index (χ3v) is 11.4. The molecule has 0 aromatic carbocycles. The van der Waals surface area contributed by atoms with Gasteiger partial charge in [0.15, 0.2) is 0 Å². The molecule has 0 aliphatic heterocycles. The van der Waals surface area contributed by atoms with Crippen LogP contribution in [0.1, 0.15) is 114 Å². The monoisotopic (exact) mass is 568 g/mol. The number of hydrogen-bond acceptors (Lipinski definition) is 6. The highest BCUT2D eigenvalue weighted by Gasteiger charge is 2.60. The molecule has 1 unspecified atom stereocenters. The van der Waals surface area contributed by atoms with Crippen molar-refractivity contribution in [3.05, 3.63) is 34.4 Å². The minimum Gasteiger partial charge on any atom is -0.469 e. The number of methoxy groups -OCH3 is 1. The van der Waals surface area contributed by atoms with Gasteiger partial charge in [-0.2, -0.15) is 0 Å². The summed E-state index contributed by atoms with van der Waals surface area (Å²) in [6.07, 6.45) is 10.7. The van der Waals surface area contributed by atoms with Gasteiger partial charge in [0.05, 0.1) is 12.5 Å². The van der Waals surface area contributed by atoms with Gasteiger partial charge in [-0.25, -0.2) is 0 Å². The quantitative estimate of drug-likeness (QED) is 0.250. The van der Waals surface area contributed by atoms with Crippen LogP contribution < -0.4 is 0 Å². The van der Waals surface area contributed by atoms with Crippen LogP contribution in [-0.2, 0) is 28.6 Å². The van der Waals surface area contributed by atoms with Gasteiger partial charge in [0.25, 0.3) is 0 Å². The largest absolute Gasteiger partial charge is 0.469 e. The highest BCUT2D eigenvalue weighted by atomic mass is 16.6. The summed E-state index contributed by atoms with van der Waals surface area (Å²) in [4.78, 5) is 37.7. The fraction of sp³-hybridized carbons (Fsp3) is 0.743. The van der Waals surface area contributed by atoms with Gasteiger partial charge in [0.2, 0.25) is 0 Å². The molecule has 0 aromatic heterocycles. The van der Waals surface area contributed by atoms with Gasteiger partial charge in [-0.1, -0.05) is 57.9 Å². The van der Waals surface area contributed by atoms with Crippen molar-refractivity contribution in [2.75, 3.05) is 7.11 Å². The van der Waals surface area contributed by atoms with Gasteiger partial charge in [-0.05, 0) is 93.1 Å². The lowest BCUT2D eigenvalue weighted by atomic mass is 9.48. The van der Waals surface area contributed by atoms with Crippen LogP contribution in [0, 0.1) is 33.5 Å². The molecule has 4 rings (SSSR count). The van der Waals surface area contributed by atoms with Gasteiger partial charge in [-0.15, -0.1) is 0 Å². The highest BCUT2D eigenvalue weighted by Crippen LogP contribution is 2.62. The van der Waals surface area contributed by atoms with Crippen LogP contribution in [0.4, 0.5) is 0 Å². The summed E-state index contributed by atoms with van der Waals surface area (Å²) in [6.45, 7) is 18.5. The first-order chi connectivity index (χ1) is 19.0. The second-order valence-corrected chi connectivity index (χ2v) is 15.0. The van der Waals surface area contributed by atoms with Gasteiger partial charge in [-0.3, -0.25) is 14.4 Å². The Labute approximate surface area is 247 Å². The molecular formula is C35H52O6. The molecule has 0 spiro atoms. The third-order valence-electron chi connectivity index (χ3n) is 11.4. The number of ether oxygens (including phenoxy) is 3. The zero-order valence-electron chi connectivity index (χ0n) is 27.1. The summed E-state index contributed by atoms with van der Waals surface area (Å²) in [5.74, 6) is -0.414. The van der Waals surface area contributed by atoms with E-state index in [0.717, 1.165) is 44.9 Å². The first-order valence-electron chi connectivity index (χ1n) is 15.5. The Hall–Kier alpha value is -2.37. The minimum absolute atomic E-state index is 0.0637. The first-order valence-corrected chi connectivity index (χ1v) is 15.5. The van der Waals surface area contributed by atoms with Crippen molar-refractivity contribution in [2.45, 2.75) is 126 Å². The van der Waals surface area contributed by atoms with Crippen LogP contribution in [0.5, 0.6) is 0 Å². The number of hydrogen-bond donors (Lipinski definition) is 0. The Morgan fingerprint density at radius 1 is 0.829 bits per heavy atom. The van der Waals surface area contributed by atoms with Crippen molar-refractivity contribution in [1.29, 1.82) is 0 Å². The van der Waals surface area contributed by atoms with Crippen molar-refractivity contribution in [3.63, 3.8) is 0 Å². The number of carbonyl (C=O) groups excluding carboxylic acids is 3.